The monoisotopic (exact) mass is 398 g/mol. The molecule has 0 spiro atoms. The van der Waals surface area contributed by atoms with Crippen LogP contribution in [0.2, 0.25) is 0 Å². The second-order valence-corrected chi connectivity index (χ2v) is 7.65. The van der Waals surface area contributed by atoms with Crippen LogP contribution in [0.5, 0.6) is 0 Å². The molecule has 3 N–H and O–H groups in total. The Labute approximate surface area is 177 Å². The largest absolute Gasteiger partial charge is 0.384 e. The minimum Gasteiger partial charge on any atom is -0.384 e. The van der Waals surface area contributed by atoms with Gasteiger partial charge in [0.2, 0.25) is 5.91 Å². The van der Waals surface area contributed by atoms with Crippen molar-refractivity contribution in [3.8, 4) is 11.1 Å². The Balaban J connectivity index is 1.49. The minimum absolute atomic E-state index is 0.0586. The van der Waals surface area contributed by atoms with Crippen LogP contribution in [0, 0.1) is 5.41 Å². The molecule has 0 aromatic heterocycles. The number of rotatable bonds is 5. The zero-order valence-electron chi connectivity index (χ0n) is 17.1. The maximum Gasteiger partial charge on any atom is 0.241 e. The molecule has 1 fully saturated rings. The average molecular weight is 399 g/mol. The molecule has 1 heterocycles. The fraction of sp³-hybridized carbons (Fsp3) is 0.200. The Morgan fingerprint density at radius 2 is 1.67 bits per heavy atom. The van der Waals surface area contributed by atoms with Gasteiger partial charge in [-0.15, -0.1) is 0 Å². The Morgan fingerprint density at radius 1 is 0.933 bits per heavy atom. The van der Waals surface area contributed by atoms with E-state index in [4.69, 9.17) is 11.1 Å². The van der Waals surface area contributed by atoms with Gasteiger partial charge in [0.25, 0.3) is 0 Å². The molecule has 1 aliphatic rings. The zero-order valence-corrected chi connectivity index (χ0v) is 17.1. The number of nitrogen functional groups attached to an aromatic ring is 1. The van der Waals surface area contributed by atoms with E-state index in [0.717, 1.165) is 28.9 Å². The van der Waals surface area contributed by atoms with Gasteiger partial charge in [-0.1, -0.05) is 60.7 Å². The zero-order chi connectivity index (χ0) is 21.1. The van der Waals surface area contributed by atoms with Crippen LogP contribution < -0.4 is 10.6 Å². The number of nitrogens with one attached hydrogen (secondary N) is 1. The van der Waals surface area contributed by atoms with E-state index in [-0.39, 0.29) is 17.8 Å². The molecule has 0 bridgehead atoms. The van der Waals surface area contributed by atoms with Crippen LogP contribution in [-0.2, 0) is 4.79 Å². The molecule has 5 heteroatoms. The van der Waals surface area contributed by atoms with Crippen molar-refractivity contribution in [1.29, 1.82) is 5.41 Å². The molecular formula is C25H26N4O. The number of hydrogen-bond acceptors (Lipinski definition) is 3. The number of anilines is 1. The summed E-state index contributed by atoms with van der Waals surface area (Å²) < 4.78 is 0. The van der Waals surface area contributed by atoms with Crippen LogP contribution in [-0.4, -0.2) is 36.3 Å². The fourth-order valence-corrected chi connectivity index (χ4v) is 3.96. The second kappa shape index (κ2) is 8.51. The number of hydrogen-bond donors (Lipinski definition) is 2. The van der Waals surface area contributed by atoms with Gasteiger partial charge in [-0.05, 0) is 41.8 Å². The molecule has 0 aliphatic carbocycles. The highest BCUT2D eigenvalue weighted by Crippen LogP contribution is 2.28. The van der Waals surface area contributed by atoms with E-state index in [1.807, 2.05) is 59.5 Å². The van der Waals surface area contributed by atoms with Crippen LogP contribution in [0.1, 0.15) is 24.1 Å². The second-order valence-electron chi connectivity index (χ2n) is 7.65. The number of piperazine rings is 1. The molecule has 0 radical (unpaired) electrons. The van der Waals surface area contributed by atoms with Crippen molar-refractivity contribution < 1.29 is 4.79 Å². The maximum absolute atomic E-state index is 13.0. The Kier molecular flexibility index (Phi) is 5.63. The number of nitrogens with zero attached hydrogens (tertiary/aromatic N) is 2. The molecule has 1 saturated heterocycles. The summed E-state index contributed by atoms with van der Waals surface area (Å²) in [5, 5.41) is 7.65. The molecule has 152 valence electrons. The topological polar surface area (TPSA) is 73.4 Å². The number of benzene rings is 3. The SMILES string of the molecule is CC(c1cccc(C(=N)N)c1)N1CCN(c2cccc(-c3ccccc3)c2)C(=O)C1. The molecule has 0 saturated carbocycles. The van der Waals surface area contributed by atoms with Crippen LogP contribution in [0.25, 0.3) is 11.1 Å². The van der Waals surface area contributed by atoms with Gasteiger partial charge in [0, 0.05) is 30.4 Å². The normalized spacial score (nSPS) is 15.8. The highest BCUT2D eigenvalue weighted by molar-refractivity contribution is 5.96. The molecule has 1 aliphatic heterocycles. The van der Waals surface area contributed by atoms with Crippen molar-refractivity contribution in [1.82, 2.24) is 4.90 Å². The quantitative estimate of drug-likeness (QED) is 0.503. The predicted octanol–water partition coefficient (Wildman–Crippen LogP) is 4.05. The smallest absolute Gasteiger partial charge is 0.241 e. The molecule has 1 unspecified atom stereocenters. The van der Waals surface area contributed by atoms with Gasteiger partial charge in [-0.2, -0.15) is 0 Å². The summed E-state index contributed by atoms with van der Waals surface area (Å²) in [5.41, 5.74) is 10.6. The van der Waals surface area contributed by atoms with Crippen molar-refractivity contribution in [2.45, 2.75) is 13.0 Å². The third kappa shape index (κ3) is 4.11. The third-order valence-electron chi connectivity index (χ3n) is 5.74. The van der Waals surface area contributed by atoms with Crippen LogP contribution >= 0.6 is 0 Å². The first-order chi connectivity index (χ1) is 14.5. The highest BCUT2D eigenvalue weighted by Gasteiger charge is 2.28. The lowest BCUT2D eigenvalue weighted by molar-refractivity contribution is -0.121. The molecular weight excluding hydrogens is 372 g/mol. The molecule has 1 atom stereocenters. The van der Waals surface area contributed by atoms with Gasteiger partial charge in [-0.25, -0.2) is 0 Å². The lowest BCUT2D eigenvalue weighted by Gasteiger charge is -2.38. The van der Waals surface area contributed by atoms with E-state index in [0.29, 0.717) is 18.7 Å². The molecule has 5 nitrogen and oxygen atoms in total. The summed E-state index contributed by atoms with van der Waals surface area (Å²) in [6.45, 7) is 3.89. The number of carbonyl (C=O) groups excluding carboxylic acids is 1. The Morgan fingerprint density at radius 3 is 2.40 bits per heavy atom. The first-order valence-electron chi connectivity index (χ1n) is 10.2. The lowest BCUT2D eigenvalue weighted by atomic mass is 10.0. The van der Waals surface area contributed by atoms with E-state index in [2.05, 4.69) is 36.1 Å². The summed E-state index contributed by atoms with van der Waals surface area (Å²) in [7, 11) is 0. The third-order valence-corrected chi connectivity index (χ3v) is 5.74. The molecule has 3 aromatic carbocycles. The van der Waals surface area contributed by atoms with Crippen LogP contribution in [0.3, 0.4) is 0 Å². The van der Waals surface area contributed by atoms with Crippen molar-refractivity contribution in [2.75, 3.05) is 24.5 Å². The van der Waals surface area contributed by atoms with Crippen LogP contribution in [0.15, 0.2) is 78.9 Å². The molecule has 3 aromatic rings. The van der Waals surface area contributed by atoms with Crippen molar-refractivity contribution in [3.05, 3.63) is 90.0 Å². The number of amides is 1. The van der Waals surface area contributed by atoms with Gasteiger partial charge < -0.3 is 10.6 Å². The fourth-order valence-electron chi connectivity index (χ4n) is 3.96. The summed E-state index contributed by atoms with van der Waals surface area (Å²) in [5.74, 6) is 0.157. The van der Waals surface area contributed by atoms with Gasteiger partial charge in [0.1, 0.15) is 5.84 Å². The van der Waals surface area contributed by atoms with Crippen molar-refractivity contribution >= 4 is 17.4 Å². The van der Waals surface area contributed by atoms with Gasteiger partial charge in [0.15, 0.2) is 0 Å². The van der Waals surface area contributed by atoms with Crippen LogP contribution in [0.4, 0.5) is 5.69 Å². The summed E-state index contributed by atoms with van der Waals surface area (Å²) in [6.07, 6.45) is 0. The maximum atomic E-state index is 13.0. The Hall–Kier alpha value is -3.44. The summed E-state index contributed by atoms with van der Waals surface area (Å²) >= 11 is 0. The van der Waals surface area contributed by atoms with Gasteiger partial charge in [-0.3, -0.25) is 15.1 Å². The summed E-state index contributed by atoms with van der Waals surface area (Å²) in [4.78, 5) is 17.1. The van der Waals surface area contributed by atoms with E-state index in [1.165, 1.54) is 0 Å². The number of amidine groups is 1. The Bertz CT molecular complexity index is 1060. The minimum atomic E-state index is 0.0586. The first kappa shape index (κ1) is 19.9. The summed E-state index contributed by atoms with van der Waals surface area (Å²) in [6, 6.07) is 26.2. The van der Waals surface area contributed by atoms with E-state index < -0.39 is 0 Å². The van der Waals surface area contributed by atoms with Gasteiger partial charge >= 0.3 is 0 Å². The molecule has 1 amide bonds. The number of carbonyl (C=O) groups is 1. The van der Waals surface area contributed by atoms with E-state index in [1.54, 1.807) is 0 Å². The average Bonchev–Trinajstić information content (AvgIpc) is 2.79. The van der Waals surface area contributed by atoms with E-state index in [9.17, 15) is 4.79 Å². The lowest BCUT2D eigenvalue weighted by Crippen LogP contribution is -2.51. The predicted molar refractivity (Wildman–Crippen MR) is 122 cm³/mol. The molecule has 4 rings (SSSR count). The standard InChI is InChI=1S/C25H26N4O/c1-18(20-9-5-11-22(15-20)25(26)27)28-13-14-29(24(30)17-28)23-12-6-10-21(16-23)19-7-3-2-4-8-19/h2-12,15-16,18H,13-14,17H2,1H3,(H3,26,27). The first-order valence-corrected chi connectivity index (χ1v) is 10.2. The molecule has 30 heavy (non-hydrogen) atoms. The van der Waals surface area contributed by atoms with Crippen molar-refractivity contribution in [2.24, 2.45) is 5.73 Å². The van der Waals surface area contributed by atoms with E-state index >= 15 is 0 Å². The van der Waals surface area contributed by atoms with Gasteiger partial charge in [0.05, 0.1) is 6.54 Å². The number of nitrogens with two attached hydrogens (primary N) is 1. The highest BCUT2D eigenvalue weighted by atomic mass is 16.2. The van der Waals surface area contributed by atoms with Crippen molar-refractivity contribution in [3.63, 3.8) is 0 Å².